The second-order valence-electron chi connectivity index (χ2n) is 5.30. The highest BCUT2D eigenvalue weighted by Crippen LogP contribution is 2.56. The Balaban J connectivity index is 2.22. The Kier molecular flexibility index (Phi) is 2.49. The van der Waals surface area contributed by atoms with Crippen molar-refractivity contribution >= 4 is 5.97 Å². The lowest BCUT2D eigenvalue weighted by Crippen LogP contribution is -2.59. The van der Waals surface area contributed by atoms with E-state index in [9.17, 15) is 18.7 Å². The minimum absolute atomic E-state index is 0.0508. The van der Waals surface area contributed by atoms with Crippen LogP contribution < -0.4 is 0 Å². The number of hydrogen-bond donors (Lipinski definition) is 1. The van der Waals surface area contributed by atoms with Crippen molar-refractivity contribution < 1.29 is 23.4 Å². The van der Waals surface area contributed by atoms with Crippen molar-refractivity contribution in [1.29, 1.82) is 0 Å². The lowest BCUT2D eigenvalue weighted by atomic mass is 9.56. The summed E-state index contributed by atoms with van der Waals surface area (Å²) >= 11 is 0. The van der Waals surface area contributed by atoms with Crippen LogP contribution >= 0.6 is 0 Å². The maximum absolute atomic E-state index is 13.1. The normalized spacial score (nSPS) is 30.4. The molecule has 1 heterocycles. The lowest BCUT2D eigenvalue weighted by molar-refractivity contribution is -0.216. The highest BCUT2D eigenvalue weighted by Gasteiger charge is 2.60. The van der Waals surface area contributed by atoms with Crippen LogP contribution in [0.4, 0.5) is 8.78 Å². The van der Waals surface area contributed by atoms with E-state index in [4.69, 9.17) is 4.74 Å². The average molecular weight is 234 g/mol. The van der Waals surface area contributed by atoms with Crippen molar-refractivity contribution in [2.45, 2.75) is 38.5 Å². The minimum atomic E-state index is -2.69. The lowest BCUT2D eigenvalue weighted by Gasteiger charge is -2.53. The molecular weight excluding hydrogens is 218 g/mol. The van der Waals surface area contributed by atoms with Crippen LogP contribution in [0.3, 0.4) is 0 Å². The fourth-order valence-corrected chi connectivity index (χ4v) is 2.80. The quantitative estimate of drug-likeness (QED) is 0.797. The summed E-state index contributed by atoms with van der Waals surface area (Å²) in [5.41, 5.74) is -1.50. The molecule has 0 spiro atoms. The number of alkyl halides is 2. The maximum Gasteiger partial charge on any atom is 0.310 e. The van der Waals surface area contributed by atoms with Gasteiger partial charge in [-0.1, -0.05) is 6.92 Å². The van der Waals surface area contributed by atoms with E-state index in [-0.39, 0.29) is 25.7 Å². The van der Waals surface area contributed by atoms with Crippen LogP contribution in [-0.4, -0.2) is 30.2 Å². The molecule has 1 saturated heterocycles. The third-order valence-corrected chi connectivity index (χ3v) is 4.24. The van der Waals surface area contributed by atoms with Crippen molar-refractivity contribution in [3.63, 3.8) is 0 Å². The molecule has 0 unspecified atom stereocenters. The summed E-state index contributed by atoms with van der Waals surface area (Å²) in [4.78, 5) is 11.4. The Morgan fingerprint density at radius 1 is 1.19 bits per heavy atom. The number of hydrogen-bond acceptors (Lipinski definition) is 2. The zero-order chi connectivity index (χ0) is 12.0. The molecule has 0 aromatic heterocycles. The van der Waals surface area contributed by atoms with E-state index in [1.165, 1.54) is 0 Å². The number of carboxylic acids is 1. The molecule has 2 fully saturated rings. The first-order valence-electron chi connectivity index (χ1n) is 5.50. The number of ether oxygens (including phenoxy) is 1. The summed E-state index contributed by atoms with van der Waals surface area (Å²) < 4.78 is 31.3. The van der Waals surface area contributed by atoms with Crippen LogP contribution in [-0.2, 0) is 9.53 Å². The topological polar surface area (TPSA) is 46.5 Å². The van der Waals surface area contributed by atoms with E-state index in [1.54, 1.807) is 0 Å². The number of carbonyl (C=O) groups is 1. The van der Waals surface area contributed by atoms with Gasteiger partial charge in [0, 0.05) is 18.3 Å². The summed E-state index contributed by atoms with van der Waals surface area (Å²) in [6.45, 7) is 2.56. The van der Waals surface area contributed by atoms with Crippen molar-refractivity contribution in [3.8, 4) is 0 Å². The summed E-state index contributed by atoms with van der Waals surface area (Å²) in [5, 5.41) is 9.36. The van der Waals surface area contributed by atoms with Crippen LogP contribution in [0.2, 0.25) is 0 Å². The predicted molar refractivity (Wildman–Crippen MR) is 52.4 cm³/mol. The van der Waals surface area contributed by atoms with Gasteiger partial charge < -0.3 is 9.84 Å². The summed E-state index contributed by atoms with van der Waals surface area (Å²) in [6, 6.07) is 0. The van der Waals surface area contributed by atoms with E-state index in [0.29, 0.717) is 13.2 Å². The van der Waals surface area contributed by atoms with Gasteiger partial charge in [-0.15, -0.1) is 0 Å². The zero-order valence-corrected chi connectivity index (χ0v) is 9.26. The summed E-state index contributed by atoms with van der Waals surface area (Å²) in [6.07, 6.45) is -0.547. The molecule has 0 radical (unpaired) electrons. The molecule has 5 heteroatoms. The molecule has 0 atom stereocenters. The molecule has 3 nitrogen and oxygen atoms in total. The zero-order valence-electron chi connectivity index (χ0n) is 9.26. The standard InChI is InChI=1S/C11H16F2O3/c1-9(6-16-7-9)10(8(14)15)2-4-11(12,13)5-3-10/h2-7H2,1H3,(H,14,15). The number of carboxylic acid groups (broad SMARTS) is 1. The molecular formula is C11H16F2O3. The number of aliphatic carboxylic acids is 1. The van der Waals surface area contributed by atoms with E-state index in [0.717, 1.165) is 0 Å². The van der Waals surface area contributed by atoms with Crippen LogP contribution in [0.25, 0.3) is 0 Å². The van der Waals surface area contributed by atoms with Gasteiger partial charge in [0.1, 0.15) is 0 Å². The SMILES string of the molecule is CC1(C2(C(=O)O)CCC(F)(F)CC2)COC1. The van der Waals surface area contributed by atoms with Gasteiger partial charge >= 0.3 is 5.97 Å². The fraction of sp³-hybridized carbons (Fsp3) is 0.909. The van der Waals surface area contributed by atoms with Gasteiger partial charge in [0.25, 0.3) is 0 Å². The van der Waals surface area contributed by atoms with Crippen molar-refractivity contribution in [1.82, 2.24) is 0 Å². The monoisotopic (exact) mass is 234 g/mol. The van der Waals surface area contributed by atoms with Gasteiger partial charge in [0.05, 0.1) is 18.6 Å². The van der Waals surface area contributed by atoms with Crippen LogP contribution in [0, 0.1) is 10.8 Å². The van der Waals surface area contributed by atoms with Gasteiger partial charge in [-0.05, 0) is 12.8 Å². The number of halogens is 2. The molecule has 16 heavy (non-hydrogen) atoms. The van der Waals surface area contributed by atoms with E-state index in [1.807, 2.05) is 6.92 Å². The van der Waals surface area contributed by atoms with Gasteiger partial charge in [-0.2, -0.15) is 0 Å². The molecule has 1 aliphatic heterocycles. The average Bonchev–Trinajstić information content (AvgIpc) is 2.14. The minimum Gasteiger partial charge on any atom is -0.481 e. The third-order valence-electron chi connectivity index (χ3n) is 4.24. The van der Waals surface area contributed by atoms with Gasteiger partial charge in [0.15, 0.2) is 0 Å². The van der Waals surface area contributed by atoms with Crippen LogP contribution in [0.5, 0.6) is 0 Å². The Morgan fingerprint density at radius 3 is 2.00 bits per heavy atom. The van der Waals surface area contributed by atoms with Crippen molar-refractivity contribution in [2.75, 3.05) is 13.2 Å². The Bertz CT molecular complexity index is 300. The summed E-state index contributed by atoms with van der Waals surface area (Å²) in [7, 11) is 0. The highest BCUT2D eigenvalue weighted by atomic mass is 19.3. The largest absolute Gasteiger partial charge is 0.481 e. The maximum atomic E-state index is 13.1. The summed E-state index contributed by atoms with van der Waals surface area (Å²) in [5.74, 6) is -3.64. The molecule has 92 valence electrons. The molecule has 1 aliphatic carbocycles. The molecule has 0 aromatic rings. The molecule has 0 aromatic carbocycles. The molecule has 1 N–H and O–H groups in total. The van der Waals surface area contributed by atoms with Crippen molar-refractivity contribution in [3.05, 3.63) is 0 Å². The molecule has 0 bridgehead atoms. The van der Waals surface area contributed by atoms with Gasteiger partial charge in [-0.3, -0.25) is 4.79 Å². The molecule has 2 aliphatic rings. The second-order valence-corrected chi connectivity index (χ2v) is 5.30. The number of rotatable bonds is 2. The molecule has 2 rings (SSSR count). The Morgan fingerprint density at radius 2 is 1.69 bits per heavy atom. The predicted octanol–water partition coefficient (Wildman–Crippen LogP) is 2.30. The smallest absolute Gasteiger partial charge is 0.310 e. The second kappa shape index (κ2) is 3.39. The highest BCUT2D eigenvalue weighted by molar-refractivity contribution is 5.76. The van der Waals surface area contributed by atoms with E-state index in [2.05, 4.69) is 0 Å². The molecule has 1 saturated carbocycles. The Labute approximate surface area is 92.8 Å². The van der Waals surface area contributed by atoms with Crippen LogP contribution in [0.15, 0.2) is 0 Å². The third kappa shape index (κ3) is 1.52. The first-order chi connectivity index (χ1) is 7.31. The van der Waals surface area contributed by atoms with E-state index >= 15 is 0 Å². The first kappa shape index (κ1) is 11.8. The fourth-order valence-electron chi connectivity index (χ4n) is 2.80. The Hall–Kier alpha value is -0.710. The van der Waals surface area contributed by atoms with Crippen LogP contribution in [0.1, 0.15) is 32.6 Å². The molecule has 0 amide bonds. The van der Waals surface area contributed by atoms with Crippen molar-refractivity contribution in [2.24, 2.45) is 10.8 Å². The first-order valence-corrected chi connectivity index (χ1v) is 5.50. The van der Waals surface area contributed by atoms with Gasteiger partial charge in [0.2, 0.25) is 5.92 Å². The van der Waals surface area contributed by atoms with Gasteiger partial charge in [-0.25, -0.2) is 8.78 Å². The van der Waals surface area contributed by atoms with E-state index < -0.39 is 22.7 Å².